The minimum absolute atomic E-state index is 0.0531. The quantitative estimate of drug-likeness (QED) is 0.907. The van der Waals surface area contributed by atoms with Gasteiger partial charge in [-0.15, -0.1) is 0 Å². The SMILES string of the molecule is CC1(C)CC(C(N)CCc2ccncc2)C(C)(C)O1. The average Bonchev–Trinajstić information content (AvgIpc) is 2.56. The Morgan fingerprint density at radius 1 is 1.32 bits per heavy atom. The summed E-state index contributed by atoms with van der Waals surface area (Å²) in [5, 5.41) is 0. The Labute approximate surface area is 116 Å². The summed E-state index contributed by atoms with van der Waals surface area (Å²) in [5.41, 5.74) is 7.56. The molecule has 3 heteroatoms. The van der Waals surface area contributed by atoms with Gasteiger partial charge in [-0.1, -0.05) is 0 Å². The highest BCUT2D eigenvalue weighted by Gasteiger charge is 2.47. The Morgan fingerprint density at radius 3 is 2.47 bits per heavy atom. The topological polar surface area (TPSA) is 48.1 Å². The van der Waals surface area contributed by atoms with Crippen LogP contribution in [0.25, 0.3) is 0 Å². The summed E-state index contributed by atoms with van der Waals surface area (Å²) in [5.74, 6) is 0.421. The van der Waals surface area contributed by atoms with Gasteiger partial charge in [-0.05, 0) is 64.7 Å². The van der Waals surface area contributed by atoms with Crippen LogP contribution in [0.2, 0.25) is 0 Å². The van der Waals surface area contributed by atoms with Crippen molar-refractivity contribution in [1.29, 1.82) is 0 Å². The Morgan fingerprint density at radius 2 is 1.95 bits per heavy atom. The van der Waals surface area contributed by atoms with E-state index in [1.54, 1.807) is 0 Å². The molecule has 106 valence electrons. The van der Waals surface area contributed by atoms with E-state index in [1.165, 1.54) is 5.56 Å². The third-order valence-electron chi connectivity index (χ3n) is 4.18. The van der Waals surface area contributed by atoms with Crippen LogP contribution in [0.5, 0.6) is 0 Å². The molecule has 1 saturated heterocycles. The van der Waals surface area contributed by atoms with Crippen molar-refractivity contribution >= 4 is 0 Å². The maximum Gasteiger partial charge on any atom is 0.0677 e. The molecule has 1 aliphatic heterocycles. The molecule has 0 saturated carbocycles. The van der Waals surface area contributed by atoms with Crippen LogP contribution < -0.4 is 5.73 Å². The van der Waals surface area contributed by atoms with Crippen molar-refractivity contribution in [2.24, 2.45) is 11.7 Å². The smallest absolute Gasteiger partial charge is 0.0677 e. The molecular weight excluding hydrogens is 236 g/mol. The van der Waals surface area contributed by atoms with Crippen molar-refractivity contribution in [3.05, 3.63) is 30.1 Å². The summed E-state index contributed by atoms with van der Waals surface area (Å²) >= 11 is 0. The molecule has 1 fully saturated rings. The fraction of sp³-hybridized carbons (Fsp3) is 0.688. The van der Waals surface area contributed by atoms with Gasteiger partial charge < -0.3 is 10.5 Å². The van der Waals surface area contributed by atoms with Crippen LogP contribution in [0.15, 0.2) is 24.5 Å². The van der Waals surface area contributed by atoms with Crippen LogP contribution in [-0.2, 0) is 11.2 Å². The molecule has 0 aromatic carbocycles. The second-order valence-corrected chi connectivity index (χ2v) is 6.83. The molecule has 2 atom stereocenters. The molecule has 0 spiro atoms. The van der Waals surface area contributed by atoms with E-state index in [4.69, 9.17) is 10.5 Å². The third-order valence-corrected chi connectivity index (χ3v) is 4.18. The normalized spacial score (nSPS) is 26.3. The Hall–Kier alpha value is -0.930. The lowest BCUT2D eigenvalue weighted by Gasteiger charge is -2.31. The van der Waals surface area contributed by atoms with Gasteiger partial charge in [0.25, 0.3) is 0 Å². The fourth-order valence-electron chi connectivity index (χ4n) is 3.36. The van der Waals surface area contributed by atoms with Crippen molar-refractivity contribution in [2.75, 3.05) is 0 Å². The van der Waals surface area contributed by atoms with Crippen molar-refractivity contribution in [3.63, 3.8) is 0 Å². The molecule has 2 unspecified atom stereocenters. The number of nitrogens with zero attached hydrogens (tertiary/aromatic N) is 1. The first-order valence-corrected chi connectivity index (χ1v) is 7.15. The number of ether oxygens (including phenoxy) is 1. The van der Waals surface area contributed by atoms with E-state index < -0.39 is 0 Å². The number of hydrogen-bond donors (Lipinski definition) is 1. The van der Waals surface area contributed by atoms with Gasteiger partial charge in [-0.2, -0.15) is 0 Å². The van der Waals surface area contributed by atoms with Crippen molar-refractivity contribution in [1.82, 2.24) is 4.98 Å². The lowest BCUT2D eigenvalue weighted by molar-refractivity contribution is -0.0767. The van der Waals surface area contributed by atoms with Crippen LogP contribution in [0.1, 0.15) is 46.1 Å². The van der Waals surface area contributed by atoms with Crippen LogP contribution in [-0.4, -0.2) is 22.2 Å². The first-order chi connectivity index (χ1) is 8.80. The molecule has 2 heterocycles. The maximum absolute atomic E-state index is 6.43. The van der Waals surface area contributed by atoms with E-state index in [1.807, 2.05) is 12.4 Å². The zero-order valence-corrected chi connectivity index (χ0v) is 12.5. The molecular formula is C16H26N2O. The van der Waals surface area contributed by atoms with E-state index in [0.717, 1.165) is 19.3 Å². The van der Waals surface area contributed by atoms with Gasteiger partial charge >= 0.3 is 0 Å². The molecule has 2 rings (SSSR count). The molecule has 0 aliphatic carbocycles. The summed E-state index contributed by atoms with van der Waals surface area (Å²) in [7, 11) is 0. The minimum Gasteiger partial charge on any atom is -0.369 e. The summed E-state index contributed by atoms with van der Waals surface area (Å²) in [6.45, 7) is 8.64. The molecule has 0 bridgehead atoms. The minimum atomic E-state index is -0.124. The zero-order chi connectivity index (χ0) is 14.1. The van der Waals surface area contributed by atoms with Crippen LogP contribution in [0.3, 0.4) is 0 Å². The van der Waals surface area contributed by atoms with Gasteiger partial charge in [-0.25, -0.2) is 0 Å². The number of hydrogen-bond acceptors (Lipinski definition) is 3. The standard InChI is InChI=1S/C16H26N2O/c1-15(2)11-13(16(3,4)19-15)14(17)6-5-12-7-9-18-10-8-12/h7-10,13-14H,5-6,11,17H2,1-4H3. The predicted molar refractivity (Wildman–Crippen MR) is 77.9 cm³/mol. The summed E-state index contributed by atoms with van der Waals surface area (Å²) in [6, 6.07) is 4.31. The van der Waals surface area contributed by atoms with Crippen molar-refractivity contribution < 1.29 is 4.74 Å². The zero-order valence-electron chi connectivity index (χ0n) is 12.5. The second-order valence-electron chi connectivity index (χ2n) is 6.83. The second kappa shape index (κ2) is 5.22. The van der Waals surface area contributed by atoms with Gasteiger partial charge in [0, 0.05) is 24.4 Å². The van der Waals surface area contributed by atoms with Crippen molar-refractivity contribution in [2.45, 2.75) is 64.2 Å². The molecule has 0 radical (unpaired) electrons. The first kappa shape index (κ1) is 14.5. The van der Waals surface area contributed by atoms with E-state index >= 15 is 0 Å². The summed E-state index contributed by atoms with van der Waals surface area (Å²) in [4.78, 5) is 4.04. The Bertz CT molecular complexity index is 414. The monoisotopic (exact) mass is 262 g/mol. The maximum atomic E-state index is 6.43. The largest absolute Gasteiger partial charge is 0.369 e. The lowest BCUT2D eigenvalue weighted by atomic mass is 9.80. The highest BCUT2D eigenvalue weighted by Crippen LogP contribution is 2.43. The van der Waals surface area contributed by atoms with Crippen LogP contribution in [0, 0.1) is 5.92 Å². The lowest BCUT2D eigenvalue weighted by Crippen LogP contribution is -2.41. The molecule has 1 aromatic rings. The number of aromatic nitrogens is 1. The molecule has 0 amide bonds. The van der Waals surface area contributed by atoms with E-state index in [0.29, 0.717) is 5.92 Å². The van der Waals surface area contributed by atoms with Crippen LogP contribution >= 0.6 is 0 Å². The molecule has 2 N–H and O–H groups in total. The first-order valence-electron chi connectivity index (χ1n) is 7.15. The number of nitrogens with two attached hydrogens (primary N) is 1. The van der Waals surface area contributed by atoms with Crippen LogP contribution in [0.4, 0.5) is 0 Å². The summed E-state index contributed by atoms with van der Waals surface area (Å²) in [6.07, 6.45) is 6.73. The molecule has 1 aliphatic rings. The van der Waals surface area contributed by atoms with E-state index in [9.17, 15) is 0 Å². The summed E-state index contributed by atoms with van der Waals surface area (Å²) < 4.78 is 6.13. The average molecular weight is 262 g/mol. The van der Waals surface area contributed by atoms with Crippen molar-refractivity contribution in [3.8, 4) is 0 Å². The number of aryl methyl sites for hydroxylation is 1. The molecule has 1 aromatic heterocycles. The van der Waals surface area contributed by atoms with Gasteiger partial charge in [0.15, 0.2) is 0 Å². The highest BCUT2D eigenvalue weighted by molar-refractivity contribution is 5.10. The predicted octanol–water partition coefficient (Wildman–Crippen LogP) is 2.94. The Balaban J connectivity index is 1.95. The van der Waals surface area contributed by atoms with Gasteiger partial charge in [0.1, 0.15) is 0 Å². The van der Waals surface area contributed by atoms with Gasteiger partial charge in [0.05, 0.1) is 11.2 Å². The molecule has 19 heavy (non-hydrogen) atoms. The Kier molecular flexibility index (Phi) is 3.98. The number of rotatable bonds is 4. The molecule has 3 nitrogen and oxygen atoms in total. The highest BCUT2D eigenvalue weighted by atomic mass is 16.5. The number of pyridine rings is 1. The fourth-order valence-corrected chi connectivity index (χ4v) is 3.36. The van der Waals surface area contributed by atoms with Gasteiger partial charge in [-0.3, -0.25) is 4.98 Å². The van der Waals surface area contributed by atoms with E-state index in [-0.39, 0.29) is 17.2 Å². The van der Waals surface area contributed by atoms with E-state index in [2.05, 4.69) is 44.8 Å². The third kappa shape index (κ3) is 3.54. The van der Waals surface area contributed by atoms with Gasteiger partial charge in [0.2, 0.25) is 0 Å².